The van der Waals surface area contributed by atoms with Crippen LogP contribution in [0.15, 0.2) is 89.3 Å². The van der Waals surface area contributed by atoms with Gasteiger partial charge in [0.25, 0.3) is 0 Å². The maximum atomic E-state index is 12.9. The third-order valence-corrected chi connectivity index (χ3v) is 8.36. The molecule has 6 nitrogen and oxygen atoms in total. The minimum Gasteiger partial charge on any atom is -0.487 e. The number of rotatable bonds is 9. The number of benzene rings is 4. The molecule has 0 aliphatic heterocycles. The summed E-state index contributed by atoms with van der Waals surface area (Å²) in [5, 5.41) is 11.3. The van der Waals surface area contributed by atoms with E-state index in [0.717, 1.165) is 36.1 Å². The maximum absolute atomic E-state index is 12.9. The average molecular weight is 812 g/mol. The second kappa shape index (κ2) is 13.4. The number of aromatic nitrogens is 1. The molecule has 0 unspecified atom stereocenters. The predicted octanol–water partition coefficient (Wildman–Crippen LogP) is 8.54. The standard InChI is InChI=1S/C30H21F3I2N4O2S/c31-30(32,33)22-6-3-7-23(13-22)37-29-38-24(17-42-29)14-27(40)39-36-15-19-11-25(34)28(26(35)12-19)41-16-18-8-9-20-4-1-2-5-21(20)10-18/h1-13,15,17H,14,16H2,(H,37,38)(H,39,40)/b36-15-. The van der Waals surface area contributed by atoms with Crippen molar-refractivity contribution in [2.24, 2.45) is 5.10 Å². The summed E-state index contributed by atoms with van der Waals surface area (Å²) < 4.78 is 46.8. The van der Waals surface area contributed by atoms with E-state index in [4.69, 9.17) is 4.74 Å². The van der Waals surface area contributed by atoms with Gasteiger partial charge in [-0.2, -0.15) is 18.3 Å². The van der Waals surface area contributed by atoms with Crippen LogP contribution in [0, 0.1) is 7.14 Å². The highest BCUT2D eigenvalue weighted by molar-refractivity contribution is 14.1. The first kappa shape index (κ1) is 30.2. The van der Waals surface area contributed by atoms with Crippen LogP contribution in [0.2, 0.25) is 0 Å². The summed E-state index contributed by atoms with van der Waals surface area (Å²) in [5.41, 5.74) is 4.34. The van der Waals surface area contributed by atoms with Gasteiger partial charge in [-0.1, -0.05) is 42.5 Å². The molecular formula is C30H21F3I2N4O2S. The zero-order valence-corrected chi connectivity index (χ0v) is 26.7. The molecule has 4 aromatic carbocycles. The van der Waals surface area contributed by atoms with Crippen LogP contribution >= 0.6 is 56.5 Å². The SMILES string of the molecule is O=C(Cc1csc(Nc2cccc(C(F)(F)F)c2)n1)N/N=C\c1cc(I)c(OCc2ccc3ccccc3c2)c(I)c1. The maximum Gasteiger partial charge on any atom is 0.416 e. The molecule has 1 heterocycles. The lowest BCUT2D eigenvalue weighted by Gasteiger charge is -2.12. The fraction of sp³-hybridized carbons (Fsp3) is 0.100. The van der Waals surface area contributed by atoms with E-state index in [1.54, 1.807) is 11.6 Å². The number of hydrazone groups is 1. The highest BCUT2D eigenvalue weighted by Gasteiger charge is 2.30. The monoisotopic (exact) mass is 812 g/mol. The van der Waals surface area contributed by atoms with Gasteiger partial charge >= 0.3 is 6.18 Å². The number of nitrogens with zero attached hydrogens (tertiary/aromatic N) is 2. The number of ether oxygens (including phenoxy) is 1. The van der Waals surface area contributed by atoms with Crippen LogP contribution in [0.25, 0.3) is 10.8 Å². The Hall–Kier alpha value is -3.24. The van der Waals surface area contributed by atoms with E-state index in [2.05, 4.69) is 96.3 Å². The van der Waals surface area contributed by atoms with Gasteiger partial charge < -0.3 is 10.1 Å². The first-order chi connectivity index (χ1) is 20.1. The summed E-state index contributed by atoms with van der Waals surface area (Å²) in [5.74, 6) is 0.408. The smallest absolute Gasteiger partial charge is 0.416 e. The van der Waals surface area contributed by atoms with E-state index in [1.165, 1.54) is 34.2 Å². The summed E-state index contributed by atoms with van der Waals surface area (Å²) in [6, 6.07) is 23.1. The van der Waals surface area contributed by atoms with Crippen molar-refractivity contribution in [1.82, 2.24) is 10.4 Å². The highest BCUT2D eigenvalue weighted by atomic mass is 127. The number of carbonyl (C=O) groups is 1. The van der Waals surface area contributed by atoms with Gasteiger partial charge in [0.15, 0.2) is 5.13 Å². The molecule has 1 amide bonds. The Morgan fingerprint density at radius 3 is 2.50 bits per heavy atom. The van der Waals surface area contributed by atoms with E-state index >= 15 is 0 Å². The molecule has 0 atom stereocenters. The van der Waals surface area contributed by atoms with Crippen LogP contribution < -0.4 is 15.5 Å². The number of amides is 1. The van der Waals surface area contributed by atoms with Crippen LogP contribution in [-0.2, 0) is 24.0 Å². The Morgan fingerprint density at radius 1 is 0.976 bits per heavy atom. The van der Waals surface area contributed by atoms with Gasteiger partial charge in [-0.3, -0.25) is 4.79 Å². The zero-order valence-electron chi connectivity index (χ0n) is 21.6. The number of fused-ring (bicyclic) bond motifs is 1. The van der Waals surface area contributed by atoms with Gasteiger partial charge in [-0.05, 0) is 103 Å². The summed E-state index contributed by atoms with van der Waals surface area (Å²) in [6.07, 6.45) is -2.92. The van der Waals surface area contributed by atoms with Gasteiger partial charge in [0.05, 0.1) is 31.0 Å². The van der Waals surface area contributed by atoms with E-state index in [0.29, 0.717) is 17.4 Å². The van der Waals surface area contributed by atoms with Gasteiger partial charge in [0.1, 0.15) is 12.4 Å². The molecule has 0 saturated heterocycles. The second-order valence-electron chi connectivity index (χ2n) is 9.10. The highest BCUT2D eigenvalue weighted by Crippen LogP contribution is 2.32. The van der Waals surface area contributed by atoms with E-state index in [1.807, 2.05) is 24.3 Å². The van der Waals surface area contributed by atoms with Crippen molar-refractivity contribution in [3.05, 3.63) is 114 Å². The van der Waals surface area contributed by atoms with Crippen molar-refractivity contribution in [3.8, 4) is 5.75 Å². The molecule has 0 fully saturated rings. The number of hydrogen-bond acceptors (Lipinski definition) is 6. The quantitative estimate of drug-likeness (QED) is 0.0890. The lowest BCUT2D eigenvalue weighted by molar-refractivity contribution is -0.137. The van der Waals surface area contributed by atoms with E-state index < -0.39 is 11.7 Å². The molecule has 0 saturated carbocycles. The molecule has 0 aliphatic rings. The average Bonchev–Trinajstić information content (AvgIpc) is 3.38. The number of anilines is 2. The lowest BCUT2D eigenvalue weighted by atomic mass is 10.1. The van der Waals surface area contributed by atoms with E-state index in [9.17, 15) is 18.0 Å². The van der Waals surface area contributed by atoms with Crippen LogP contribution in [0.1, 0.15) is 22.4 Å². The minimum absolute atomic E-state index is 0.0330. The van der Waals surface area contributed by atoms with Crippen molar-refractivity contribution in [3.63, 3.8) is 0 Å². The largest absolute Gasteiger partial charge is 0.487 e. The van der Waals surface area contributed by atoms with Crippen LogP contribution in [0.5, 0.6) is 5.75 Å². The van der Waals surface area contributed by atoms with Gasteiger partial charge in [-0.15, -0.1) is 11.3 Å². The molecule has 0 aliphatic carbocycles. The Bertz CT molecular complexity index is 1750. The Kier molecular flexibility index (Phi) is 9.63. The molecule has 5 aromatic rings. The molecule has 5 rings (SSSR count). The van der Waals surface area contributed by atoms with Crippen molar-refractivity contribution in [2.75, 3.05) is 5.32 Å². The molecule has 0 spiro atoms. The second-order valence-corrected chi connectivity index (χ2v) is 12.3. The number of carbonyl (C=O) groups excluding carboxylic acids is 1. The molecule has 214 valence electrons. The van der Waals surface area contributed by atoms with E-state index in [-0.39, 0.29) is 18.0 Å². The molecule has 0 radical (unpaired) electrons. The van der Waals surface area contributed by atoms with Crippen LogP contribution in [0.3, 0.4) is 0 Å². The number of thiazole rings is 1. The minimum atomic E-state index is -4.44. The topological polar surface area (TPSA) is 75.6 Å². The number of nitrogens with one attached hydrogen (secondary N) is 2. The third-order valence-electron chi connectivity index (χ3n) is 5.96. The molecule has 12 heteroatoms. The summed E-state index contributed by atoms with van der Waals surface area (Å²) >= 11 is 5.63. The first-order valence-corrected chi connectivity index (χ1v) is 15.5. The number of alkyl halides is 3. The fourth-order valence-electron chi connectivity index (χ4n) is 4.00. The van der Waals surface area contributed by atoms with Crippen molar-refractivity contribution >= 4 is 90.2 Å². The van der Waals surface area contributed by atoms with Gasteiger partial charge in [0, 0.05) is 11.1 Å². The van der Waals surface area contributed by atoms with Crippen molar-refractivity contribution in [1.29, 1.82) is 0 Å². The first-order valence-electron chi connectivity index (χ1n) is 12.4. The van der Waals surface area contributed by atoms with Crippen LogP contribution in [-0.4, -0.2) is 17.1 Å². The van der Waals surface area contributed by atoms with Crippen molar-refractivity contribution < 1.29 is 22.7 Å². The summed E-state index contributed by atoms with van der Waals surface area (Å²) in [6.45, 7) is 0.439. The zero-order chi connectivity index (χ0) is 29.7. The third kappa shape index (κ3) is 7.98. The Labute approximate surface area is 270 Å². The molecular weight excluding hydrogens is 791 g/mol. The van der Waals surface area contributed by atoms with Crippen LogP contribution in [0.4, 0.5) is 24.0 Å². The normalized spacial score (nSPS) is 11.6. The molecule has 0 bridgehead atoms. The van der Waals surface area contributed by atoms with Crippen molar-refractivity contribution in [2.45, 2.75) is 19.2 Å². The summed E-state index contributed by atoms with van der Waals surface area (Å²) in [7, 11) is 0. The molecule has 1 aromatic heterocycles. The molecule has 2 N–H and O–H groups in total. The number of hydrogen-bond donors (Lipinski definition) is 2. The predicted molar refractivity (Wildman–Crippen MR) is 176 cm³/mol. The molecule has 42 heavy (non-hydrogen) atoms. The Morgan fingerprint density at radius 2 is 1.74 bits per heavy atom. The Balaban J connectivity index is 1.14. The fourth-order valence-corrected chi connectivity index (χ4v) is 6.86. The van der Waals surface area contributed by atoms with Gasteiger partial charge in [-0.25, -0.2) is 10.4 Å². The summed E-state index contributed by atoms with van der Waals surface area (Å²) in [4.78, 5) is 16.7. The lowest BCUT2D eigenvalue weighted by Crippen LogP contribution is -2.20. The number of halogens is 5. The van der Waals surface area contributed by atoms with Gasteiger partial charge in [0.2, 0.25) is 5.91 Å².